The van der Waals surface area contributed by atoms with Gasteiger partial charge in [-0.05, 0) is 24.6 Å². The number of hydrogen-bond acceptors (Lipinski definition) is 4. The molecule has 3 nitrogen and oxygen atoms in total. The third-order valence-electron chi connectivity index (χ3n) is 2.95. The second-order valence-electron chi connectivity index (χ2n) is 4.46. The van der Waals surface area contributed by atoms with Gasteiger partial charge in [-0.3, -0.25) is 4.79 Å². The number of benzene rings is 1. The Hall–Kier alpha value is -2.33. The fourth-order valence-corrected chi connectivity index (χ4v) is 2.77. The molecule has 0 atom stereocenters. The molecule has 0 aliphatic rings. The fraction of sp³-hybridized carbons (Fsp3) is 0.0625. The van der Waals surface area contributed by atoms with Gasteiger partial charge in [-0.25, -0.2) is 9.97 Å². The van der Waals surface area contributed by atoms with Crippen LogP contribution in [0.4, 0.5) is 0 Å². The maximum Gasteiger partial charge on any atom is 0.168 e. The highest BCUT2D eigenvalue weighted by molar-refractivity contribution is 7.18. The average Bonchev–Trinajstić information content (AvgIpc) is 2.98. The highest BCUT2D eigenvalue weighted by Crippen LogP contribution is 2.31. The number of nitrogens with zero attached hydrogens (tertiary/aromatic N) is 2. The molecule has 0 radical (unpaired) electrons. The molecule has 4 heteroatoms. The zero-order chi connectivity index (χ0) is 13.9. The van der Waals surface area contributed by atoms with E-state index >= 15 is 0 Å². The lowest BCUT2D eigenvalue weighted by atomic mass is 10.1. The van der Waals surface area contributed by atoms with E-state index in [-0.39, 0.29) is 0 Å². The van der Waals surface area contributed by atoms with Gasteiger partial charge in [-0.15, -0.1) is 11.3 Å². The summed E-state index contributed by atoms with van der Waals surface area (Å²) in [4.78, 5) is 20.5. The van der Waals surface area contributed by atoms with Crippen LogP contribution in [0.1, 0.15) is 16.1 Å². The summed E-state index contributed by atoms with van der Waals surface area (Å²) in [6, 6.07) is 13.7. The molecule has 0 bridgehead atoms. The van der Waals surface area contributed by atoms with Crippen molar-refractivity contribution in [1.82, 2.24) is 9.97 Å². The lowest BCUT2D eigenvalue weighted by molar-refractivity contribution is 0.111. The minimum absolute atomic E-state index is 0.426. The lowest BCUT2D eigenvalue weighted by Crippen LogP contribution is -1.88. The molecule has 2 aromatic heterocycles. The first-order chi connectivity index (χ1) is 9.76. The Morgan fingerprint density at radius 1 is 1.10 bits per heavy atom. The summed E-state index contributed by atoms with van der Waals surface area (Å²) in [5.74, 6) is 0. The maximum absolute atomic E-state index is 10.8. The molecule has 0 saturated heterocycles. The van der Waals surface area contributed by atoms with Crippen LogP contribution >= 0.6 is 11.3 Å². The monoisotopic (exact) mass is 280 g/mol. The predicted molar refractivity (Wildman–Crippen MR) is 80.9 cm³/mol. The Morgan fingerprint density at radius 2 is 1.90 bits per heavy atom. The first kappa shape index (κ1) is 12.7. The normalized spacial score (nSPS) is 10.4. The summed E-state index contributed by atoms with van der Waals surface area (Å²) in [6.07, 6.45) is 2.60. The Labute approximate surface area is 121 Å². The molecular formula is C16H12N2OS. The van der Waals surface area contributed by atoms with Crippen molar-refractivity contribution >= 4 is 17.6 Å². The number of carbonyl (C=O) groups excluding carboxylic acids is 1. The first-order valence-electron chi connectivity index (χ1n) is 6.22. The highest BCUT2D eigenvalue weighted by Gasteiger charge is 2.08. The van der Waals surface area contributed by atoms with Gasteiger partial charge in [-0.2, -0.15) is 0 Å². The molecule has 0 amide bonds. The van der Waals surface area contributed by atoms with Crippen LogP contribution < -0.4 is 0 Å². The van der Waals surface area contributed by atoms with Crippen LogP contribution in [0.2, 0.25) is 0 Å². The van der Waals surface area contributed by atoms with E-state index in [9.17, 15) is 4.79 Å². The molecule has 0 N–H and O–H groups in total. The van der Waals surface area contributed by atoms with E-state index < -0.39 is 0 Å². The van der Waals surface area contributed by atoms with Crippen LogP contribution in [-0.2, 0) is 0 Å². The third kappa shape index (κ3) is 2.51. The molecule has 3 rings (SSSR count). The zero-order valence-electron chi connectivity index (χ0n) is 10.9. The quantitative estimate of drug-likeness (QED) is 0.681. The SMILES string of the molecule is Cc1ccc(-c2cnc(-c3cccc(C=O)n3)s2)cc1. The van der Waals surface area contributed by atoms with Gasteiger partial charge in [0, 0.05) is 6.20 Å². The summed E-state index contributed by atoms with van der Waals surface area (Å²) in [7, 11) is 0. The van der Waals surface area contributed by atoms with Crippen molar-refractivity contribution < 1.29 is 4.79 Å². The molecule has 0 spiro atoms. The van der Waals surface area contributed by atoms with Crippen LogP contribution in [0.5, 0.6) is 0 Å². The van der Waals surface area contributed by atoms with Gasteiger partial charge in [0.15, 0.2) is 6.29 Å². The topological polar surface area (TPSA) is 42.9 Å². The van der Waals surface area contributed by atoms with Crippen molar-refractivity contribution in [2.45, 2.75) is 6.92 Å². The minimum Gasteiger partial charge on any atom is -0.296 e. The lowest BCUT2D eigenvalue weighted by Gasteiger charge is -1.97. The number of aryl methyl sites for hydroxylation is 1. The summed E-state index contributed by atoms with van der Waals surface area (Å²) in [6.45, 7) is 2.07. The first-order valence-corrected chi connectivity index (χ1v) is 7.03. The van der Waals surface area contributed by atoms with Crippen molar-refractivity contribution in [3.05, 3.63) is 59.9 Å². The van der Waals surface area contributed by atoms with Crippen molar-refractivity contribution in [1.29, 1.82) is 0 Å². The second-order valence-corrected chi connectivity index (χ2v) is 5.49. The standard InChI is InChI=1S/C16H12N2OS/c1-11-5-7-12(8-6-11)15-9-17-16(20-15)14-4-2-3-13(10-19)18-14/h2-10H,1H3. The van der Waals surface area contributed by atoms with Crippen LogP contribution in [0.3, 0.4) is 0 Å². The third-order valence-corrected chi connectivity index (χ3v) is 4.02. The minimum atomic E-state index is 0.426. The average molecular weight is 280 g/mol. The number of pyridine rings is 1. The largest absolute Gasteiger partial charge is 0.296 e. The number of rotatable bonds is 3. The van der Waals surface area contributed by atoms with Gasteiger partial charge in [0.05, 0.1) is 10.6 Å². The van der Waals surface area contributed by atoms with Gasteiger partial charge in [0.1, 0.15) is 10.7 Å². The Kier molecular flexibility index (Phi) is 3.39. The zero-order valence-corrected chi connectivity index (χ0v) is 11.7. The molecule has 2 heterocycles. The van der Waals surface area contributed by atoms with Crippen LogP contribution in [0, 0.1) is 6.92 Å². The van der Waals surface area contributed by atoms with Gasteiger partial charge < -0.3 is 0 Å². The molecular weight excluding hydrogens is 268 g/mol. The Morgan fingerprint density at radius 3 is 2.65 bits per heavy atom. The molecule has 0 unspecified atom stereocenters. The summed E-state index contributed by atoms with van der Waals surface area (Å²) >= 11 is 1.57. The number of carbonyl (C=O) groups is 1. The molecule has 0 fully saturated rings. The smallest absolute Gasteiger partial charge is 0.168 e. The van der Waals surface area contributed by atoms with Crippen molar-refractivity contribution in [2.75, 3.05) is 0 Å². The van der Waals surface area contributed by atoms with E-state index in [1.54, 1.807) is 17.4 Å². The number of aromatic nitrogens is 2. The number of aldehydes is 1. The van der Waals surface area contributed by atoms with E-state index in [4.69, 9.17) is 0 Å². The van der Waals surface area contributed by atoms with E-state index in [0.717, 1.165) is 27.4 Å². The van der Waals surface area contributed by atoms with Crippen molar-refractivity contribution in [3.63, 3.8) is 0 Å². The number of hydrogen-bond donors (Lipinski definition) is 0. The van der Waals surface area contributed by atoms with Crippen molar-refractivity contribution in [2.24, 2.45) is 0 Å². The maximum atomic E-state index is 10.8. The Bertz CT molecular complexity index is 747. The molecule has 0 saturated carbocycles. The Balaban J connectivity index is 1.97. The van der Waals surface area contributed by atoms with Gasteiger partial charge in [0.2, 0.25) is 0 Å². The van der Waals surface area contributed by atoms with Gasteiger partial charge in [0.25, 0.3) is 0 Å². The van der Waals surface area contributed by atoms with Crippen LogP contribution in [-0.4, -0.2) is 16.3 Å². The van der Waals surface area contributed by atoms with Gasteiger partial charge >= 0.3 is 0 Å². The molecule has 0 aliphatic carbocycles. The summed E-state index contributed by atoms with van der Waals surface area (Å²) in [5, 5.41) is 0.823. The fourth-order valence-electron chi connectivity index (χ4n) is 1.88. The van der Waals surface area contributed by atoms with E-state index in [1.807, 2.05) is 18.3 Å². The van der Waals surface area contributed by atoms with E-state index in [1.165, 1.54) is 5.56 Å². The van der Waals surface area contributed by atoms with E-state index in [2.05, 4.69) is 41.2 Å². The summed E-state index contributed by atoms with van der Waals surface area (Å²) < 4.78 is 0. The predicted octanol–water partition coefficient (Wildman–Crippen LogP) is 3.99. The molecule has 3 aromatic rings. The molecule has 1 aromatic carbocycles. The molecule has 98 valence electrons. The van der Waals surface area contributed by atoms with Crippen LogP contribution in [0.15, 0.2) is 48.7 Å². The van der Waals surface area contributed by atoms with E-state index in [0.29, 0.717) is 5.69 Å². The number of thiazole rings is 1. The second kappa shape index (κ2) is 5.35. The molecule has 0 aliphatic heterocycles. The van der Waals surface area contributed by atoms with Gasteiger partial charge in [-0.1, -0.05) is 35.9 Å². The summed E-state index contributed by atoms with van der Waals surface area (Å²) in [5.41, 5.74) is 3.54. The van der Waals surface area contributed by atoms with Crippen molar-refractivity contribution in [3.8, 4) is 21.1 Å². The molecule has 20 heavy (non-hydrogen) atoms. The van der Waals surface area contributed by atoms with Crippen LogP contribution in [0.25, 0.3) is 21.1 Å². The highest BCUT2D eigenvalue weighted by atomic mass is 32.1.